The van der Waals surface area contributed by atoms with E-state index in [1.54, 1.807) is 6.20 Å². The Kier molecular flexibility index (Phi) is 4.18. The Balaban J connectivity index is 1.39. The van der Waals surface area contributed by atoms with E-state index >= 15 is 0 Å². The van der Waals surface area contributed by atoms with Crippen molar-refractivity contribution in [2.75, 3.05) is 5.32 Å². The van der Waals surface area contributed by atoms with Crippen LogP contribution in [0.3, 0.4) is 0 Å². The highest BCUT2D eigenvalue weighted by Gasteiger charge is 2.09. The van der Waals surface area contributed by atoms with Gasteiger partial charge in [-0.3, -0.25) is 5.10 Å². The summed E-state index contributed by atoms with van der Waals surface area (Å²) in [6.07, 6.45) is 3.57. The number of rotatable bonds is 5. The van der Waals surface area contributed by atoms with Crippen molar-refractivity contribution < 1.29 is 4.74 Å². The van der Waals surface area contributed by atoms with Gasteiger partial charge in [0.15, 0.2) is 5.82 Å². The molecule has 7 nitrogen and oxygen atoms in total. The van der Waals surface area contributed by atoms with Crippen LogP contribution in [0.4, 0.5) is 11.6 Å². The number of H-pyrrole nitrogens is 2. The van der Waals surface area contributed by atoms with Crippen LogP contribution in [-0.2, 0) is 0 Å². The molecule has 29 heavy (non-hydrogen) atoms. The van der Waals surface area contributed by atoms with Crippen molar-refractivity contribution in [1.82, 2.24) is 25.1 Å². The van der Waals surface area contributed by atoms with Crippen LogP contribution in [0.1, 0.15) is 5.56 Å². The Morgan fingerprint density at radius 1 is 1.00 bits per heavy atom. The highest BCUT2D eigenvalue weighted by Crippen LogP contribution is 2.30. The molecule has 5 rings (SSSR count). The van der Waals surface area contributed by atoms with Crippen LogP contribution >= 0.6 is 0 Å². The third-order valence-corrected chi connectivity index (χ3v) is 4.52. The van der Waals surface area contributed by atoms with Gasteiger partial charge in [0.1, 0.15) is 17.1 Å². The predicted molar refractivity (Wildman–Crippen MR) is 112 cm³/mol. The summed E-state index contributed by atoms with van der Waals surface area (Å²) in [7, 11) is 0. The van der Waals surface area contributed by atoms with Crippen LogP contribution in [0.5, 0.6) is 11.5 Å². The number of ether oxygens (including phenoxy) is 1. The van der Waals surface area contributed by atoms with Gasteiger partial charge in [-0.1, -0.05) is 24.3 Å². The fourth-order valence-electron chi connectivity index (χ4n) is 3.16. The predicted octanol–water partition coefficient (Wildman–Crippen LogP) is 5.19. The molecular formula is C22H18N6O. The van der Waals surface area contributed by atoms with Crippen LogP contribution in [0.15, 0.2) is 73.1 Å². The largest absolute Gasteiger partial charge is 0.457 e. The third kappa shape index (κ3) is 3.53. The quantitative estimate of drug-likeness (QED) is 0.389. The van der Waals surface area contributed by atoms with E-state index in [0.29, 0.717) is 17.5 Å². The third-order valence-electron chi connectivity index (χ3n) is 4.52. The smallest absolute Gasteiger partial charge is 0.246 e. The number of nitrogens with one attached hydrogen (secondary N) is 3. The average molecular weight is 382 g/mol. The first-order valence-corrected chi connectivity index (χ1v) is 9.21. The van der Waals surface area contributed by atoms with Gasteiger partial charge in [0.25, 0.3) is 0 Å². The lowest BCUT2D eigenvalue weighted by molar-refractivity contribution is 0.488. The van der Waals surface area contributed by atoms with Crippen LogP contribution < -0.4 is 10.1 Å². The summed E-state index contributed by atoms with van der Waals surface area (Å²) < 4.78 is 6.09. The first kappa shape index (κ1) is 17.0. The van der Waals surface area contributed by atoms with Gasteiger partial charge in [-0.05, 0) is 48.9 Å². The molecule has 0 fully saturated rings. The van der Waals surface area contributed by atoms with Crippen molar-refractivity contribution >= 4 is 22.7 Å². The fraction of sp³-hybridized carbons (Fsp3) is 0.0455. The van der Waals surface area contributed by atoms with E-state index in [9.17, 15) is 0 Å². The molecular weight excluding hydrogens is 364 g/mol. The van der Waals surface area contributed by atoms with Crippen LogP contribution in [0, 0.1) is 6.92 Å². The van der Waals surface area contributed by atoms with Gasteiger partial charge in [0, 0.05) is 23.6 Å². The minimum atomic E-state index is 0.514. The summed E-state index contributed by atoms with van der Waals surface area (Å²) in [6.45, 7) is 2.05. The standard InChI is InChI=1S/C22H18N6O/c1-14-4-2-6-16(12-14)25-22-26-20(27-28-22)15-5-3-7-17(13-15)29-19-9-11-24-21-18(19)8-10-23-21/h2-13H,1H3,(H,23,24)(H2,25,26,27,28). The number of fused-ring (bicyclic) bond motifs is 1. The van der Waals surface area contributed by atoms with E-state index in [1.807, 2.05) is 73.8 Å². The SMILES string of the molecule is Cc1cccc(Nc2n[nH]c(-c3cccc(Oc4ccnc5[nH]ccc45)c3)n2)c1. The van der Waals surface area contributed by atoms with Crippen molar-refractivity contribution in [1.29, 1.82) is 0 Å². The second-order valence-electron chi connectivity index (χ2n) is 6.68. The number of hydrogen-bond acceptors (Lipinski definition) is 5. The normalized spacial score (nSPS) is 10.9. The molecule has 0 amide bonds. The Morgan fingerprint density at radius 3 is 2.86 bits per heavy atom. The summed E-state index contributed by atoms with van der Waals surface area (Å²) >= 11 is 0. The minimum absolute atomic E-state index is 0.514. The zero-order chi connectivity index (χ0) is 19.6. The number of hydrogen-bond donors (Lipinski definition) is 3. The Hall–Kier alpha value is -4.13. The molecule has 0 atom stereocenters. The van der Waals surface area contributed by atoms with Crippen molar-refractivity contribution in [3.05, 3.63) is 78.6 Å². The highest BCUT2D eigenvalue weighted by molar-refractivity contribution is 5.82. The van der Waals surface area contributed by atoms with E-state index in [4.69, 9.17) is 4.74 Å². The van der Waals surface area contributed by atoms with Crippen molar-refractivity contribution in [2.24, 2.45) is 0 Å². The monoisotopic (exact) mass is 382 g/mol. The first-order valence-electron chi connectivity index (χ1n) is 9.21. The second-order valence-corrected chi connectivity index (χ2v) is 6.68. The molecule has 5 aromatic rings. The lowest BCUT2D eigenvalue weighted by Gasteiger charge is -2.07. The maximum atomic E-state index is 6.09. The second kappa shape index (κ2) is 7.12. The molecule has 0 bridgehead atoms. The number of anilines is 2. The van der Waals surface area contributed by atoms with E-state index in [2.05, 4.69) is 30.5 Å². The molecule has 2 aromatic carbocycles. The van der Waals surface area contributed by atoms with Gasteiger partial charge in [-0.25, -0.2) is 4.98 Å². The molecule has 0 saturated carbocycles. The highest BCUT2D eigenvalue weighted by atomic mass is 16.5. The van der Waals surface area contributed by atoms with Gasteiger partial charge in [-0.15, -0.1) is 5.10 Å². The maximum absolute atomic E-state index is 6.09. The van der Waals surface area contributed by atoms with E-state index in [1.165, 1.54) is 5.56 Å². The number of aromatic nitrogens is 5. The summed E-state index contributed by atoms with van der Waals surface area (Å²) in [5.41, 5.74) is 3.79. The molecule has 0 spiro atoms. The zero-order valence-corrected chi connectivity index (χ0v) is 15.7. The van der Waals surface area contributed by atoms with Gasteiger partial charge >= 0.3 is 0 Å². The van der Waals surface area contributed by atoms with Crippen LogP contribution in [0.25, 0.3) is 22.4 Å². The van der Waals surface area contributed by atoms with Crippen molar-refractivity contribution in [3.63, 3.8) is 0 Å². The number of pyridine rings is 1. The lowest BCUT2D eigenvalue weighted by atomic mass is 10.2. The molecule has 0 aliphatic rings. The molecule has 142 valence electrons. The fourth-order valence-corrected chi connectivity index (χ4v) is 3.16. The van der Waals surface area contributed by atoms with Gasteiger partial charge in [-0.2, -0.15) is 4.98 Å². The number of aromatic amines is 2. The van der Waals surface area contributed by atoms with E-state index < -0.39 is 0 Å². The molecule has 3 aromatic heterocycles. The molecule has 3 N–H and O–H groups in total. The molecule has 0 aliphatic heterocycles. The van der Waals surface area contributed by atoms with Crippen molar-refractivity contribution in [3.8, 4) is 22.9 Å². The van der Waals surface area contributed by atoms with Gasteiger partial charge in [0.2, 0.25) is 5.95 Å². The molecule has 0 unspecified atom stereocenters. The summed E-state index contributed by atoms with van der Waals surface area (Å²) in [6, 6.07) is 19.6. The maximum Gasteiger partial charge on any atom is 0.246 e. The van der Waals surface area contributed by atoms with E-state index in [0.717, 1.165) is 28.0 Å². The lowest BCUT2D eigenvalue weighted by Crippen LogP contribution is -1.92. The molecule has 7 heteroatoms. The minimum Gasteiger partial charge on any atom is -0.457 e. The molecule has 0 saturated heterocycles. The van der Waals surface area contributed by atoms with Crippen LogP contribution in [-0.4, -0.2) is 25.1 Å². The average Bonchev–Trinajstić information content (AvgIpc) is 3.38. The summed E-state index contributed by atoms with van der Waals surface area (Å²) in [5.74, 6) is 2.63. The van der Waals surface area contributed by atoms with Gasteiger partial charge in [0.05, 0.1) is 5.39 Å². The Labute approximate surface area is 166 Å². The number of nitrogens with zero attached hydrogens (tertiary/aromatic N) is 3. The van der Waals surface area contributed by atoms with E-state index in [-0.39, 0.29) is 0 Å². The Bertz CT molecular complexity index is 1290. The molecule has 0 radical (unpaired) electrons. The first-order chi connectivity index (χ1) is 14.2. The van der Waals surface area contributed by atoms with Crippen molar-refractivity contribution in [2.45, 2.75) is 6.92 Å². The summed E-state index contributed by atoms with van der Waals surface area (Å²) in [5, 5.41) is 11.4. The number of benzene rings is 2. The molecule has 3 heterocycles. The zero-order valence-electron chi connectivity index (χ0n) is 15.7. The van der Waals surface area contributed by atoms with Gasteiger partial charge < -0.3 is 15.0 Å². The molecule has 0 aliphatic carbocycles. The van der Waals surface area contributed by atoms with Crippen LogP contribution in [0.2, 0.25) is 0 Å². The Morgan fingerprint density at radius 2 is 1.93 bits per heavy atom. The number of aryl methyl sites for hydroxylation is 1. The topological polar surface area (TPSA) is 91.5 Å². The summed E-state index contributed by atoms with van der Waals surface area (Å²) in [4.78, 5) is 11.9.